The van der Waals surface area contributed by atoms with Crippen molar-refractivity contribution in [2.75, 3.05) is 5.32 Å². The van der Waals surface area contributed by atoms with Gasteiger partial charge in [-0.05, 0) is 37.5 Å². The molecule has 1 aromatic carbocycles. The van der Waals surface area contributed by atoms with Gasteiger partial charge in [0.15, 0.2) is 11.2 Å². The summed E-state index contributed by atoms with van der Waals surface area (Å²) in [6.07, 6.45) is -0.573. The van der Waals surface area contributed by atoms with Crippen LogP contribution in [0.4, 0.5) is 5.13 Å². The molecule has 0 radical (unpaired) electrons. The van der Waals surface area contributed by atoms with Crippen LogP contribution in [0.3, 0.4) is 0 Å². The summed E-state index contributed by atoms with van der Waals surface area (Å²) < 4.78 is 5.71. The number of carbonyl (C=O) groups is 1. The summed E-state index contributed by atoms with van der Waals surface area (Å²) in [5.41, 5.74) is 2.09. The standard InChI is InChI=1S/C16H20N2O2S/c1-10(2)13-6-5-7-14(8-13)20-12(4)15(19)18-16-17-11(3)9-21-16/h5-10,12H,1-4H3,(H,17,18,19). The van der Waals surface area contributed by atoms with Crippen LogP contribution in [-0.2, 0) is 4.79 Å². The summed E-state index contributed by atoms with van der Waals surface area (Å²) in [5, 5.41) is 5.26. The fourth-order valence-electron chi connectivity index (χ4n) is 1.82. The van der Waals surface area contributed by atoms with Crippen LogP contribution < -0.4 is 10.1 Å². The SMILES string of the molecule is Cc1csc(NC(=O)C(C)Oc2cccc(C(C)C)c2)n1. The molecule has 4 nitrogen and oxygen atoms in total. The first-order valence-electron chi connectivity index (χ1n) is 6.95. The highest BCUT2D eigenvalue weighted by molar-refractivity contribution is 7.13. The second-order valence-electron chi connectivity index (χ2n) is 5.27. The first kappa shape index (κ1) is 15.5. The van der Waals surface area contributed by atoms with Gasteiger partial charge in [0, 0.05) is 5.38 Å². The average Bonchev–Trinajstić information content (AvgIpc) is 2.84. The normalized spacial score (nSPS) is 12.2. The lowest BCUT2D eigenvalue weighted by Gasteiger charge is -2.15. The first-order chi connectivity index (χ1) is 9.95. The Kier molecular flexibility index (Phi) is 4.96. The maximum absolute atomic E-state index is 12.1. The summed E-state index contributed by atoms with van der Waals surface area (Å²) in [7, 11) is 0. The number of nitrogens with one attached hydrogen (secondary N) is 1. The van der Waals surface area contributed by atoms with Gasteiger partial charge < -0.3 is 4.74 Å². The molecule has 1 heterocycles. The summed E-state index contributed by atoms with van der Waals surface area (Å²) in [6.45, 7) is 7.88. The Bertz CT molecular complexity index is 622. The second kappa shape index (κ2) is 6.72. The number of rotatable bonds is 5. The van der Waals surface area contributed by atoms with Crippen LogP contribution in [0.1, 0.15) is 37.9 Å². The molecule has 21 heavy (non-hydrogen) atoms. The quantitative estimate of drug-likeness (QED) is 0.909. The molecule has 5 heteroatoms. The van der Waals surface area contributed by atoms with Gasteiger partial charge in [-0.2, -0.15) is 0 Å². The average molecular weight is 304 g/mol. The van der Waals surface area contributed by atoms with E-state index in [0.717, 1.165) is 5.69 Å². The Morgan fingerprint density at radius 1 is 1.33 bits per heavy atom. The lowest BCUT2D eigenvalue weighted by Crippen LogP contribution is -2.30. The Labute approximate surface area is 129 Å². The van der Waals surface area contributed by atoms with Crippen molar-refractivity contribution >= 4 is 22.4 Å². The van der Waals surface area contributed by atoms with E-state index in [4.69, 9.17) is 4.74 Å². The zero-order valence-corrected chi connectivity index (χ0v) is 13.5. The number of hydrogen-bond acceptors (Lipinski definition) is 4. The summed E-state index contributed by atoms with van der Waals surface area (Å²) in [6, 6.07) is 7.84. The first-order valence-corrected chi connectivity index (χ1v) is 7.83. The minimum atomic E-state index is -0.573. The molecule has 112 valence electrons. The molecule has 0 aliphatic carbocycles. The fraction of sp³-hybridized carbons (Fsp3) is 0.375. The Hall–Kier alpha value is -1.88. The molecule has 0 spiro atoms. The molecule has 2 aromatic rings. The Morgan fingerprint density at radius 3 is 2.71 bits per heavy atom. The highest BCUT2D eigenvalue weighted by Gasteiger charge is 2.16. The van der Waals surface area contributed by atoms with E-state index in [1.54, 1.807) is 6.92 Å². The highest BCUT2D eigenvalue weighted by Crippen LogP contribution is 2.21. The van der Waals surface area contributed by atoms with Crippen LogP contribution in [0.5, 0.6) is 5.75 Å². The van der Waals surface area contributed by atoms with Crippen molar-refractivity contribution in [1.82, 2.24) is 4.98 Å². The number of aromatic nitrogens is 1. The zero-order valence-electron chi connectivity index (χ0n) is 12.7. The third-order valence-corrected chi connectivity index (χ3v) is 3.93. The zero-order chi connectivity index (χ0) is 15.4. The van der Waals surface area contributed by atoms with Crippen molar-refractivity contribution in [3.63, 3.8) is 0 Å². The van der Waals surface area contributed by atoms with Gasteiger partial charge in [0.25, 0.3) is 5.91 Å². The number of aryl methyl sites for hydroxylation is 1. The van der Waals surface area contributed by atoms with Crippen molar-refractivity contribution in [3.8, 4) is 5.75 Å². The molecule has 0 bridgehead atoms. The van der Waals surface area contributed by atoms with Crippen LogP contribution in [0, 0.1) is 6.92 Å². The van der Waals surface area contributed by atoms with Gasteiger partial charge in [-0.15, -0.1) is 11.3 Å². The molecule has 0 aliphatic rings. The molecule has 1 unspecified atom stereocenters. The van der Waals surface area contributed by atoms with E-state index >= 15 is 0 Å². The maximum atomic E-state index is 12.1. The number of carbonyl (C=O) groups excluding carboxylic acids is 1. The van der Waals surface area contributed by atoms with Gasteiger partial charge in [0.2, 0.25) is 0 Å². The smallest absolute Gasteiger partial charge is 0.266 e. The topological polar surface area (TPSA) is 51.2 Å². The molecule has 0 aliphatic heterocycles. The molecule has 0 saturated heterocycles. The van der Waals surface area contributed by atoms with E-state index in [1.165, 1.54) is 16.9 Å². The van der Waals surface area contributed by atoms with Crippen molar-refractivity contribution in [2.24, 2.45) is 0 Å². The third-order valence-electron chi connectivity index (χ3n) is 3.06. The molecule has 1 atom stereocenters. The van der Waals surface area contributed by atoms with Crippen molar-refractivity contribution in [2.45, 2.75) is 39.7 Å². The maximum Gasteiger partial charge on any atom is 0.266 e. The fourth-order valence-corrected chi connectivity index (χ4v) is 2.51. The Balaban J connectivity index is 1.98. The van der Waals surface area contributed by atoms with Gasteiger partial charge in [-0.3, -0.25) is 10.1 Å². The van der Waals surface area contributed by atoms with E-state index in [0.29, 0.717) is 16.8 Å². The van der Waals surface area contributed by atoms with Crippen LogP contribution in [0.25, 0.3) is 0 Å². The lowest BCUT2D eigenvalue weighted by atomic mass is 10.0. The predicted molar refractivity (Wildman–Crippen MR) is 86.1 cm³/mol. The number of hydrogen-bond donors (Lipinski definition) is 1. The van der Waals surface area contributed by atoms with Crippen LogP contribution >= 0.6 is 11.3 Å². The van der Waals surface area contributed by atoms with Gasteiger partial charge in [0.05, 0.1) is 5.69 Å². The molecular formula is C16H20N2O2S. The van der Waals surface area contributed by atoms with Gasteiger partial charge in [-0.1, -0.05) is 26.0 Å². The molecule has 1 amide bonds. The summed E-state index contributed by atoms with van der Waals surface area (Å²) in [5.74, 6) is 0.939. The summed E-state index contributed by atoms with van der Waals surface area (Å²) >= 11 is 1.41. The summed E-state index contributed by atoms with van der Waals surface area (Å²) in [4.78, 5) is 16.3. The predicted octanol–water partition coefficient (Wildman–Crippen LogP) is 3.98. The van der Waals surface area contributed by atoms with E-state index < -0.39 is 6.10 Å². The molecular weight excluding hydrogens is 284 g/mol. The number of anilines is 1. The minimum absolute atomic E-state index is 0.195. The number of thiazole rings is 1. The van der Waals surface area contributed by atoms with Crippen molar-refractivity contribution < 1.29 is 9.53 Å². The minimum Gasteiger partial charge on any atom is -0.481 e. The molecule has 2 rings (SSSR count). The largest absolute Gasteiger partial charge is 0.481 e. The molecule has 0 fully saturated rings. The monoisotopic (exact) mass is 304 g/mol. The van der Waals surface area contributed by atoms with Gasteiger partial charge in [0.1, 0.15) is 5.75 Å². The van der Waals surface area contributed by atoms with Crippen molar-refractivity contribution in [3.05, 3.63) is 40.9 Å². The lowest BCUT2D eigenvalue weighted by molar-refractivity contribution is -0.122. The Morgan fingerprint density at radius 2 is 2.10 bits per heavy atom. The molecule has 1 N–H and O–H groups in total. The number of ether oxygens (including phenoxy) is 1. The van der Waals surface area contributed by atoms with E-state index in [-0.39, 0.29) is 5.91 Å². The van der Waals surface area contributed by atoms with Crippen molar-refractivity contribution in [1.29, 1.82) is 0 Å². The number of nitrogens with zero attached hydrogens (tertiary/aromatic N) is 1. The molecule has 0 saturated carbocycles. The molecule has 1 aromatic heterocycles. The van der Waals surface area contributed by atoms with E-state index in [2.05, 4.69) is 30.2 Å². The van der Waals surface area contributed by atoms with Gasteiger partial charge >= 0.3 is 0 Å². The number of amides is 1. The highest BCUT2D eigenvalue weighted by atomic mass is 32.1. The third kappa shape index (κ3) is 4.29. The van der Waals surface area contributed by atoms with E-state index in [9.17, 15) is 4.79 Å². The van der Waals surface area contributed by atoms with Crippen LogP contribution in [0.2, 0.25) is 0 Å². The van der Waals surface area contributed by atoms with Gasteiger partial charge in [-0.25, -0.2) is 4.98 Å². The second-order valence-corrected chi connectivity index (χ2v) is 6.13. The number of benzene rings is 1. The van der Waals surface area contributed by atoms with Crippen LogP contribution in [0.15, 0.2) is 29.6 Å². The van der Waals surface area contributed by atoms with E-state index in [1.807, 2.05) is 30.5 Å². The van der Waals surface area contributed by atoms with Crippen LogP contribution in [-0.4, -0.2) is 17.0 Å².